The Morgan fingerprint density at radius 1 is 0.481 bits per heavy atom. The first-order chi connectivity index (χ1) is 25.7. The number of hydrogen-bond acceptors (Lipinski definition) is 0. The number of rotatable bonds is 36. The minimum absolute atomic E-state index is 0.961. The molecule has 0 saturated heterocycles. The normalized spacial score (nSPS) is 21.1. The van der Waals surface area contributed by atoms with E-state index in [0.717, 1.165) is 29.6 Å². The largest absolute Gasteiger partial charge is 0.0853 e. The molecule has 0 aromatic carbocycles. The second kappa shape index (κ2) is 35.2. The monoisotopic (exact) mass is 725 g/mol. The molecule has 52 heavy (non-hydrogen) atoms. The molecule has 0 heterocycles. The average Bonchev–Trinajstić information content (AvgIpc) is 3.37. The smallest absolute Gasteiger partial charge is 0.0317 e. The van der Waals surface area contributed by atoms with Gasteiger partial charge in [-0.1, -0.05) is 257 Å². The Hall–Kier alpha value is -0.260. The molecule has 2 aliphatic carbocycles. The third-order valence-corrected chi connectivity index (χ3v) is 14.2. The average molecular weight is 725 g/mol. The molecule has 0 radical (unpaired) electrons. The van der Waals surface area contributed by atoms with Crippen LogP contribution in [0.4, 0.5) is 0 Å². The maximum Gasteiger partial charge on any atom is -0.0317 e. The van der Waals surface area contributed by atoms with Gasteiger partial charge in [0.05, 0.1) is 0 Å². The fraction of sp³-hybridized carbons (Fsp3) is 0.962. The Morgan fingerprint density at radius 2 is 0.846 bits per heavy atom. The van der Waals surface area contributed by atoms with Crippen molar-refractivity contribution in [1.82, 2.24) is 0 Å². The SMILES string of the molecule is CCCCCCCCCCCCCCCCCCC(CCCCCCCCCCCCCCCCCC)C1CC(C)CCC1C1CC=C(C)CCC1. The maximum absolute atomic E-state index is 2.66. The molecule has 0 aromatic heterocycles. The van der Waals surface area contributed by atoms with Crippen LogP contribution in [0.1, 0.15) is 291 Å². The van der Waals surface area contributed by atoms with Gasteiger partial charge in [0.2, 0.25) is 0 Å². The molecule has 2 aliphatic rings. The van der Waals surface area contributed by atoms with Gasteiger partial charge in [0.1, 0.15) is 0 Å². The Kier molecular flexibility index (Phi) is 32.4. The molecule has 4 unspecified atom stereocenters. The number of hydrogen-bond donors (Lipinski definition) is 0. The van der Waals surface area contributed by atoms with E-state index in [0.29, 0.717) is 0 Å². The molecule has 0 N–H and O–H groups in total. The molecular formula is C52H100. The fourth-order valence-corrected chi connectivity index (χ4v) is 10.7. The van der Waals surface area contributed by atoms with E-state index in [1.165, 1.54) is 244 Å². The van der Waals surface area contributed by atoms with Crippen LogP contribution in [0.15, 0.2) is 11.6 Å². The summed E-state index contributed by atoms with van der Waals surface area (Å²) in [5, 5.41) is 0. The molecule has 1 fully saturated rings. The van der Waals surface area contributed by atoms with Crippen LogP contribution in [0.3, 0.4) is 0 Å². The van der Waals surface area contributed by atoms with E-state index in [4.69, 9.17) is 0 Å². The van der Waals surface area contributed by atoms with E-state index in [-0.39, 0.29) is 0 Å². The van der Waals surface area contributed by atoms with Gasteiger partial charge >= 0.3 is 0 Å². The Morgan fingerprint density at radius 3 is 1.23 bits per heavy atom. The summed E-state index contributed by atoms with van der Waals surface area (Å²) in [7, 11) is 0. The first-order valence-electron chi connectivity index (χ1n) is 25.3. The van der Waals surface area contributed by atoms with Crippen LogP contribution in [0, 0.1) is 29.6 Å². The second-order valence-electron chi connectivity index (χ2n) is 19.1. The van der Waals surface area contributed by atoms with Gasteiger partial charge in [-0.05, 0) is 75.0 Å². The minimum atomic E-state index is 0.961. The summed E-state index contributed by atoms with van der Waals surface area (Å²) in [5.41, 5.74) is 1.68. The maximum atomic E-state index is 2.66. The lowest BCUT2D eigenvalue weighted by atomic mass is 9.62. The van der Waals surface area contributed by atoms with E-state index >= 15 is 0 Å². The third kappa shape index (κ3) is 25.8. The lowest BCUT2D eigenvalue weighted by Crippen LogP contribution is -2.34. The lowest BCUT2D eigenvalue weighted by Gasteiger charge is -2.44. The van der Waals surface area contributed by atoms with Crippen LogP contribution in [0.25, 0.3) is 0 Å². The van der Waals surface area contributed by atoms with Gasteiger partial charge < -0.3 is 0 Å². The van der Waals surface area contributed by atoms with Gasteiger partial charge in [0.25, 0.3) is 0 Å². The first kappa shape index (κ1) is 47.9. The molecule has 0 aromatic rings. The van der Waals surface area contributed by atoms with Crippen molar-refractivity contribution in [2.75, 3.05) is 0 Å². The van der Waals surface area contributed by atoms with Gasteiger partial charge in [-0.25, -0.2) is 0 Å². The van der Waals surface area contributed by atoms with Crippen LogP contribution in [-0.2, 0) is 0 Å². The van der Waals surface area contributed by atoms with Crippen LogP contribution in [-0.4, -0.2) is 0 Å². The number of unbranched alkanes of at least 4 members (excludes halogenated alkanes) is 30. The van der Waals surface area contributed by atoms with Crippen molar-refractivity contribution in [3.05, 3.63) is 11.6 Å². The summed E-state index contributed by atoms with van der Waals surface area (Å²) in [6, 6.07) is 0. The molecule has 0 bridgehead atoms. The highest BCUT2D eigenvalue weighted by Crippen LogP contribution is 2.47. The van der Waals surface area contributed by atoms with Crippen LogP contribution in [0.5, 0.6) is 0 Å². The fourth-order valence-electron chi connectivity index (χ4n) is 10.7. The molecule has 0 aliphatic heterocycles. The Bertz CT molecular complexity index is 726. The Balaban J connectivity index is 1.65. The quantitative estimate of drug-likeness (QED) is 0.0446. The molecule has 4 atom stereocenters. The van der Waals surface area contributed by atoms with Gasteiger partial charge in [0.15, 0.2) is 0 Å². The van der Waals surface area contributed by atoms with Crippen molar-refractivity contribution < 1.29 is 0 Å². The predicted molar refractivity (Wildman–Crippen MR) is 238 cm³/mol. The van der Waals surface area contributed by atoms with Gasteiger partial charge in [-0.2, -0.15) is 0 Å². The molecule has 0 amide bonds. The predicted octanol–water partition coefficient (Wildman–Crippen LogP) is 19.1. The summed E-state index contributed by atoms with van der Waals surface area (Å²) in [6.07, 6.45) is 63.5. The van der Waals surface area contributed by atoms with E-state index in [9.17, 15) is 0 Å². The van der Waals surface area contributed by atoms with Crippen LogP contribution >= 0.6 is 0 Å². The van der Waals surface area contributed by atoms with Gasteiger partial charge in [-0.3, -0.25) is 0 Å². The van der Waals surface area contributed by atoms with E-state index in [1.54, 1.807) is 24.8 Å². The zero-order valence-corrected chi connectivity index (χ0v) is 37.0. The van der Waals surface area contributed by atoms with Crippen molar-refractivity contribution >= 4 is 0 Å². The highest BCUT2D eigenvalue weighted by molar-refractivity contribution is 5.02. The summed E-state index contributed by atoms with van der Waals surface area (Å²) in [5.74, 6) is 5.00. The van der Waals surface area contributed by atoms with E-state index in [1.807, 2.05) is 0 Å². The molecule has 0 heteroatoms. The van der Waals surface area contributed by atoms with E-state index < -0.39 is 0 Å². The second-order valence-corrected chi connectivity index (χ2v) is 19.1. The summed E-state index contributed by atoms with van der Waals surface area (Å²) >= 11 is 0. The van der Waals surface area contributed by atoms with E-state index in [2.05, 4.69) is 33.8 Å². The summed E-state index contributed by atoms with van der Waals surface area (Å²) in [6.45, 7) is 9.65. The molecule has 2 rings (SSSR count). The van der Waals surface area contributed by atoms with Crippen molar-refractivity contribution in [2.45, 2.75) is 291 Å². The molecule has 1 saturated carbocycles. The highest BCUT2D eigenvalue weighted by Gasteiger charge is 2.37. The Labute approximate surface area is 331 Å². The minimum Gasteiger partial charge on any atom is -0.0853 e. The van der Waals surface area contributed by atoms with Crippen molar-refractivity contribution in [1.29, 1.82) is 0 Å². The van der Waals surface area contributed by atoms with Crippen LogP contribution in [0.2, 0.25) is 0 Å². The lowest BCUT2D eigenvalue weighted by molar-refractivity contribution is 0.0665. The molecule has 0 spiro atoms. The zero-order chi connectivity index (χ0) is 37.2. The molecule has 308 valence electrons. The van der Waals surface area contributed by atoms with Crippen molar-refractivity contribution in [3.63, 3.8) is 0 Å². The van der Waals surface area contributed by atoms with Crippen molar-refractivity contribution in [2.24, 2.45) is 29.6 Å². The first-order valence-corrected chi connectivity index (χ1v) is 25.3. The highest BCUT2D eigenvalue weighted by atomic mass is 14.4. The molecule has 0 nitrogen and oxygen atoms in total. The van der Waals surface area contributed by atoms with Gasteiger partial charge in [0, 0.05) is 0 Å². The van der Waals surface area contributed by atoms with Gasteiger partial charge in [-0.15, -0.1) is 0 Å². The standard InChI is InChI=1S/C52H100/c1-5-7-9-11-13-15-17-19-21-23-25-27-29-31-33-35-39-49(52-46-48(4)43-45-51(52)50-41-37-38-47(3)42-44-50)40-36-34-32-30-28-26-24-22-20-18-16-14-12-10-8-6-2/h42,48-52H,5-41,43-46H2,1-4H3. The third-order valence-electron chi connectivity index (χ3n) is 14.2. The summed E-state index contributed by atoms with van der Waals surface area (Å²) < 4.78 is 0. The van der Waals surface area contributed by atoms with Crippen molar-refractivity contribution in [3.8, 4) is 0 Å². The summed E-state index contributed by atoms with van der Waals surface area (Å²) in [4.78, 5) is 0. The molecular weight excluding hydrogens is 625 g/mol. The zero-order valence-electron chi connectivity index (χ0n) is 37.0. The number of allylic oxidation sites excluding steroid dienone is 2. The topological polar surface area (TPSA) is 0 Å². The van der Waals surface area contributed by atoms with Crippen LogP contribution < -0.4 is 0 Å².